The molecule has 6 heteroatoms. The van der Waals surface area contributed by atoms with Crippen LogP contribution in [0.25, 0.3) is 0 Å². The molecule has 0 aromatic heterocycles. The molecule has 0 aliphatic carbocycles. The quantitative estimate of drug-likeness (QED) is 0.477. The van der Waals surface area contributed by atoms with Gasteiger partial charge in [0.1, 0.15) is 0 Å². The average Bonchev–Trinajstić information content (AvgIpc) is 2.27. The van der Waals surface area contributed by atoms with Gasteiger partial charge in [-0.3, -0.25) is 4.79 Å². The van der Waals surface area contributed by atoms with Gasteiger partial charge in [-0.25, -0.2) is 4.79 Å². The van der Waals surface area contributed by atoms with Crippen LogP contribution in [0.5, 0.6) is 0 Å². The van der Waals surface area contributed by atoms with Gasteiger partial charge in [0, 0.05) is 5.56 Å². The molecule has 98 valence electrons. The number of ether oxygens (including phenoxy) is 1. The van der Waals surface area contributed by atoms with Crippen LogP contribution in [0.3, 0.4) is 0 Å². The molecule has 1 aromatic carbocycles. The van der Waals surface area contributed by atoms with E-state index >= 15 is 0 Å². The number of hydrogen-bond donors (Lipinski definition) is 0. The van der Waals surface area contributed by atoms with Gasteiger partial charge in [0.05, 0.1) is 12.2 Å². The Labute approximate surface area is 102 Å². The largest absolute Gasteiger partial charge is 0.460 e. The van der Waals surface area contributed by atoms with Crippen molar-refractivity contribution in [2.45, 2.75) is 20.0 Å². The van der Waals surface area contributed by atoms with Crippen molar-refractivity contribution in [3.05, 3.63) is 34.9 Å². The Bertz CT molecular complexity index is 478. The third-order valence-corrected chi connectivity index (χ3v) is 2.27. The summed E-state index contributed by atoms with van der Waals surface area (Å²) in [5.74, 6) is -2.56. The highest BCUT2D eigenvalue weighted by atomic mass is 19.4. The van der Waals surface area contributed by atoms with E-state index in [1.165, 1.54) is 26.0 Å². The Kier molecular flexibility index (Phi) is 4.11. The molecule has 0 atom stereocenters. The summed E-state index contributed by atoms with van der Waals surface area (Å²) in [6.07, 6.45) is -4.69. The molecule has 0 saturated heterocycles. The molecule has 0 N–H and O–H groups in total. The van der Waals surface area contributed by atoms with Gasteiger partial charge in [-0.2, -0.15) is 13.2 Å². The van der Waals surface area contributed by atoms with Crippen molar-refractivity contribution in [3.8, 4) is 0 Å². The van der Waals surface area contributed by atoms with Crippen molar-refractivity contribution < 1.29 is 27.5 Å². The van der Waals surface area contributed by atoms with Gasteiger partial charge < -0.3 is 4.74 Å². The van der Waals surface area contributed by atoms with E-state index in [1.54, 1.807) is 0 Å². The highest BCUT2D eigenvalue weighted by molar-refractivity contribution is 6.41. The maximum atomic E-state index is 12.7. The van der Waals surface area contributed by atoms with Crippen molar-refractivity contribution >= 4 is 11.8 Å². The van der Waals surface area contributed by atoms with Crippen LogP contribution in [-0.2, 0) is 15.7 Å². The first-order valence-corrected chi connectivity index (χ1v) is 5.17. The zero-order chi connectivity index (χ0) is 13.9. The molecule has 1 rings (SSSR count). The molecule has 3 nitrogen and oxygen atoms in total. The normalized spacial score (nSPS) is 11.2. The molecular formula is C12H11F3O3. The highest BCUT2D eigenvalue weighted by Crippen LogP contribution is 2.33. The zero-order valence-corrected chi connectivity index (χ0v) is 9.80. The second-order valence-electron chi connectivity index (χ2n) is 3.54. The summed E-state index contributed by atoms with van der Waals surface area (Å²) in [6.45, 7) is 2.73. The number of carbonyl (C=O) groups is 2. The SMILES string of the molecule is CCOC(=O)C(=O)c1c(C)cccc1C(F)(F)F. The first kappa shape index (κ1) is 14.2. The summed E-state index contributed by atoms with van der Waals surface area (Å²) in [7, 11) is 0. The number of alkyl halides is 3. The van der Waals surface area contributed by atoms with Gasteiger partial charge in [-0.05, 0) is 25.5 Å². The molecule has 0 aliphatic rings. The average molecular weight is 260 g/mol. The van der Waals surface area contributed by atoms with Gasteiger partial charge >= 0.3 is 12.1 Å². The van der Waals surface area contributed by atoms with Crippen LogP contribution in [0, 0.1) is 6.92 Å². The van der Waals surface area contributed by atoms with Crippen molar-refractivity contribution in [1.82, 2.24) is 0 Å². The summed E-state index contributed by atoms with van der Waals surface area (Å²) in [4.78, 5) is 22.9. The highest BCUT2D eigenvalue weighted by Gasteiger charge is 2.37. The second-order valence-corrected chi connectivity index (χ2v) is 3.54. The first-order valence-electron chi connectivity index (χ1n) is 5.17. The topological polar surface area (TPSA) is 43.4 Å². The summed E-state index contributed by atoms with van der Waals surface area (Å²) in [5, 5.41) is 0. The van der Waals surface area contributed by atoms with Gasteiger partial charge in [-0.15, -0.1) is 0 Å². The van der Waals surface area contributed by atoms with Crippen LogP contribution in [0.2, 0.25) is 0 Å². The smallest absolute Gasteiger partial charge is 0.417 e. The monoisotopic (exact) mass is 260 g/mol. The molecule has 0 saturated carbocycles. The van der Waals surface area contributed by atoms with Crippen molar-refractivity contribution in [1.29, 1.82) is 0 Å². The van der Waals surface area contributed by atoms with E-state index < -0.39 is 29.1 Å². The maximum absolute atomic E-state index is 12.7. The minimum Gasteiger partial charge on any atom is -0.460 e. The van der Waals surface area contributed by atoms with Crippen LogP contribution < -0.4 is 0 Å². The van der Waals surface area contributed by atoms with Crippen LogP contribution in [-0.4, -0.2) is 18.4 Å². The van der Waals surface area contributed by atoms with E-state index in [-0.39, 0.29) is 12.2 Å². The van der Waals surface area contributed by atoms with Crippen molar-refractivity contribution in [2.75, 3.05) is 6.61 Å². The van der Waals surface area contributed by atoms with E-state index in [9.17, 15) is 22.8 Å². The van der Waals surface area contributed by atoms with Crippen molar-refractivity contribution in [3.63, 3.8) is 0 Å². The molecule has 0 radical (unpaired) electrons. The lowest BCUT2D eigenvalue weighted by Gasteiger charge is -2.13. The fourth-order valence-corrected chi connectivity index (χ4v) is 1.50. The van der Waals surface area contributed by atoms with Gasteiger partial charge in [0.25, 0.3) is 5.78 Å². The molecule has 0 unspecified atom stereocenters. The molecule has 0 amide bonds. The van der Waals surface area contributed by atoms with Gasteiger partial charge in [0.2, 0.25) is 0 Å². The van der Waals surface area contributed by atoms with E-state index in [4.69, 9.17) is 0 Å². The van der Waals surface area contributed by atoms with Crippen LogP contribution in [0.1, 0.15) is 28.4 Å². The first-order chi connectivity index (χ1) is 8.29. The molecule has 0 spiro atoms. The van der Waals surface area contributed by atoms with E-state index in [1.807, 2.05) is 0 Å². The molecule has 0 aliphatic heterocycles. The lowest BCUT2D eigenvalue weighted by molar-refractivity contribution is -0.139. The Hall–Kier alpha value is -1.85. The zero-order valence-electron chi connectivity index (χ0n) is 9.80. The molecular weight excluding hydrogens is 249 g/mol. The third kappa shape index (κ3) is 2.88. The molecule has 0 fully saturated rings. The minimum atomic E-state index is -4.69. The lowest BCUT2D eigenvalue weighted by atomic mass is 9.98. The third-order valence-electron chi connectivity index (χ3n) is 2.27. The Morgan fingerprint density at radius 1 is 1.28 bits per heavy atom. The number of carbonyl (C=O) groups excluding carboxylic acids is 2. The molecule has 0 bridgehead atoms. The van der Waals surface area contributed by atoms with E-state index in [2.05, 4.69) is 4.74 Å². The summed E-state index contributed by atoms with van der Waals surface area (Å²) in [5.41, 5.74) is -1.69. The Balaban J connectivity index is 3.31. The number of halogens is 3. The van der Waals surface area contributed by atoms with Gasteiger partial charge in [-0.1, -0.05) is 12.1 Å². The number of benzene rings is 1. The number of ketones is 1. The molecule has 0 heterocycles. The fraction of sp³-hybridized carbons (Fsp3) is 0.333. The maximum Gasteiger partial charge on any atom is 0.417 e. The second kappa shape index (κ2) is 5.20. The number of rotatable bonds is 3. The Morgan fingerprint density at radius 2 is 1.89 bits per heavy atom. The predicted octanol–water partition coefficient (Wildman–Crippen LogP) is 2.76. The fourth-order valence-electron chi connectivity index (χ4n) is 1.50. The van der Waals surface area contributed by atoms with Crippen LogP contribution in [0.4, 0.5) is 13.2 Å². The molecule has 1 aromatic rings. The number of hydrogen-bond acceptors (Lipinski definition) is 3. The van der Waals surface area contributed by atoms with Crippen LogP contribution >= 0.6 is 0 Å². The lowest BCUT2D eigenvalue weighted by Crippen LogP contribution is -2.23. The summed E-state index contributed by atoms with van der Waals surface area (Å²) < 4.78 is 42.6. The summed E-state index contributed by atoms with van der Waals surface area (Å²) >= 11 is 0. The standard InChI is InChI=1S/C12H11F3O3/c1-3-18-11(17)10(16)9-7(2)5-4-6-8(9)12(13,14)15/h4-6H,3H2,1-2H3. The predicted molar refractivity (Wildman–Crippen MR) is 57.1 cm³/mol. The number of esters is 1. The van der Waals surface area contributed by atoms with Crippen LogP contribution in [0.15, 0.2) is 18.2 Å². The van der Waals surface area contributed by atoms with E-state index in [0.717, 1.165) is 6.07 Å². The number of aryl methyl sites for hydroxylation is 1. The molecule has 18 heavy (non-hydrogen) atoms. The van der Waals surface area contributed by atoms with Crippen molar-refractivity contribution in [2.24, 2.45) is 0 Å². The Morgan fingerprint density at radius 3 is 2.39 bits per heavy atom. The summed E-state index contributed by atoms with van der Waals surface area (Å²) in [6, 6.07) is 3.28. The van der Waals surface area contributed by atoms with E-state index in [0.29, 0.717) is 0 Å². The minimum absolute atomic E-state index is 0.0716. The van der Waals surface area contributed by atoms with Gasteiger partial charge in [0.15, 0.2) is 0 Å². The number of Topliss-reactive ketones (excluding diaryl/α,β-unsaturated/α-hetero) is 1.